The Bertz CT molecular complexity index is 412. The summed E-state index contributed by atoms with van der Waals surface area (Å²) in [7, 11) is 0. The number of Topliss-reactive ketones (excluding diaryl/α,β-unsaturated/α-hetero) is 1. The zero-order chi connectivity index (χ0) is 13.1. The molecular weight excluding hydrogens is 241 g/mol. The molecule has 0 spiro atoms. The van der Waals surface area contributed by atoms with Crippen LogP contribution in [0.25, 0.3) is 0 Å². The lowest BCUT2D eigenvalue weighted by Crippen LogP contribution is -2.37. The van der Waals surface area contributed by atoms with Crippen molar-refractivity contribution < 1.29 is 9.18 Å². The van der Waals surface area contributed by atoms with E-state index in [4.69, 9.17) is 11.6 Å². The molecule has 0 amide bonds. The van der Waals surface area contributed by atoms with Crippen LogP contribution in [0.4, 0.5) is 4.39 Å². The van der Waals surface area contributed by atoms with Crippen molar-refractivity contribution >= 4 is 17.4 Å². The Morgan fingerprint density at radius 1 is 1.41 bits per heavy atom. The number of halogens is 2. The maximum absolute atomic E-state index is 13.0. The third-order valence-electron chi connectivity index (χ3n) is 2.24. The van der Waals surface area contributed by atoms with Gasteiger partial charge in [0.05, 0.1) is 5.02 Å². The highest BCUT2D eigenvalue weighted by molar-refractivity contribution is 6.33. The number of carbonyl (C=O) groups is 1. The van der Waals surface area contributed by atoms with Crippen molar-refractivity contribution in [3.8, 4) is 0 Å². The molecule has 0 bridgehead atoms. The summed E-state index contributed by atoms with van der Waals surface area (Å²) in [5.74, 6) is -0.590. The molecule has 1 rings (SSSR count). The molecule has 1 N–H and O–H groups in total. The van der Waals surface area contributed by atoms with E-state index in [1.165, 1.54) is 18.2 Å². The standard InChI is InChI=1S/C13H17ClFNO/c1-13(2,3)16-7-6-12(17)10-8-9(15)4-5-11(10)14/h4-5,8,16H,6-7H2,1-3H3. The van der Waals surface area contributed by atoms with E-state index in [0.29, 0.717) is 18.0 Å². The van der Waals surface area contributed by atoms with Gasteiger partial charge in [-0.3, -0.25) is 4.79 Å². The van der Waals surface area contributed by atoms with E-state index < -0.39 is 5.82 Å². The molecule has 0 aliphatic heterocycles. The van der Waals surface area contributed by atoms with Crippen LogP contribution in [-0.2, 0) is 0 Å². The van der Waals surface area contributed by atoms with Gasteiger partial charge in [-0.2, -0.15) is 0 Å². The molecule has 0 heterocycles. The summed E-state index contributed by atoms with van der Waals surface area (Å²) in [6.45, 7) is 6.61. The number of hydrogen-bond donors (Lipinski definition) is 1. The summed E-state index contributed by atoms with van der Waals surface area (Å²) in [4.78, 5) is 11.8. The van der Waals surface area contributed by atoms with Crippen LogP contribution in [0.2, 0.25) is 5.02 Å². The van der Waals surface area contributed by atoms with Gasteiger partial charge in [-0.1, -0.05) is 11.6 Å². The summed E-state index contributed by atoms with van der Waals surface area (Å²) in [6.07, 6.45) is 0.306. The van der Waals surface area contributed by atoms with Crippen LogP contribution in [0.3, 0.4) is 0 Å². The molecule has 1 aromatic carbocycles. The van der Waals surface area contributed by atoms with Gasteiger partial charge in [0.15, 0.2) is 5.78 Å². The molecule has 0 unspecified atom stereocenters. The number of ketones is 1. The fourth-order valence-corrected chi connectivity index (χ4v) is 1.62. The fraction of sp³-hybridized carbons (Fsp3) is 0.462. The number of hydrogen-bond acceptors (Lipinski definition) is 2. The Morgan fingerprint density at radius 2 is 2.06 bits per heavy atom. The lowest BCUT2D eigenvalue weighted by atomic mass is 10.1. The largest absolute Gasteiger partial charge is 0.312 e. The Labute approximate surface area is 106 Å². The molecule has 0 atom stereocenters. The molecule has 17 heavy (non-hydrogen) atoms. The van der Waals surface area contributed by atoms with Gasteiger partial charge in [0.1, 0.15) is 5.82 Å². The maximum atomic E-state index is 13.0. The van der Waals surface area contributed by atoms with Gasteiger partial charge in [-0.25, -0.2) is 4.39 Å². The smallest absolute Gasteiger partial charge is 0.165 e. The van der Waals surface area contributed by atoms with Crippen LogP contribution < -0.4 is 5.32 Å². The van der Waals surface area contributed by atoms with Crippen LogP contribution in [-0.4, -0.2) is 17.9 Å². The SMILES string of the molecule is CC(C)(C)NCCC(=O)c1cc(F)ccc1Cl. The van der Waals surface area contributed by atoms with Crippen LogP contribution in [0.5, 0.6) is 0 Å². The average molecular weight is 258 g/mol. The molecule has 0 aliphatic carbocycles. The first kappa shape index (κ1) is 14.1. The predicted molar refractivity (Wildman–Crippen MR) is 68.1 cm³/mol. The minimum absolute atomic E-state index is 0.0357. The van der Waals surface area contributed by atoms with Crippen LogP contribution in [0.15, 0.2) is 18.2 Å². The monoisotopic (exact) mass is 257 g/mol. The molecular formula is C13H17ClFNO. The summed E-state index contributed by atoms with van der Waals surface area (Å²) < 4.78 is 13.0. The molecule has 0 saturated carbocycles. The third-order valence-corrected chi connectivity index (χ3v) is 2.57. The van der Waals surface area contributed by atoms with Gasteiger partial charge in [0.2, 0.25) is 0 Å². The highest BCUT2D eigenvalue weighted by Gasteiger charge is 2.13. The number of rotatable bonds is 4. The van der Waals surface area contributed by atoms with E-state index in [1.807, 2.05) is 20.8 Å². The summed E-state index contributed by atoms with van der Waals surface area (Å²) >= 11 is 5.85. The minimum atomic E-state index is -0.443. The first-order valence-electron chi connectivity index (χ1n) is 5.53. The molecule has 0 saturated heterocycles. The number of benzene rings is 1. The second-order valence-corrected chi connectivity index (χ2v) is 5.38. The van der Waals surface area contributed by atoms with Gasteiger partial charge < -0.3 is 5.32 Å². The Morgan fingerprint density at radius 3 is 2.65 bits per heavy atom. The van der Waals surface area contributed by atoms with Crippen molar-refractivity contribution in [2.45, 2.75) is 32.7 Å². The molecule has 1 aromatic rings. The normalized spacial score (nSPS) is 11.6. The Kier molecular flexibility index (Phi) is 4.66. The van der Waals surface area contributed by atoms with Crippen molar-refractivity contribution in [3.05, 3.63) is 34.6 Å². The second-order valence-electron chi connectivity index (χ2n) is 4.97. The van der Waals surface area contributed by atoms with Crippen molar-refractivity contribution in [2.24, 2.45) is 0 Å². The number of nitrogens with one attached hydrogen (secondary N) is 1. The van der Waals surface area contributed by atoms with Gasteiger partial charge >= 0.3 is 0 Å². The average Bonchev–Trinajstić information content (AvgIpc) is 2.19. The minimum Gasteiger partial charge on any atom is -0.312 e. The third kappa shape index (κ3) is 4.84. The number of carbonyl (C=O) groups excluding carboxylic acids is 1. The van der Waals surface area contributed by atoms with Crippen molar-refractivity contribution in [3.63, 3.8) is 0 Å². The first-order chi connectivity index (χ1) is 7.79. The topological polar surface area (TPSA) is 29.1 Å². The summed E-state index contributed by atoms with van der Waals surface area (Å²) in [5.41, 5.74) is 0.216. The van der Waals surface area contributed by atoms with Crippen molar-refractivity contribution in [1.29, 1.82) is 0 Å². The zero-order valence-electron chi connectivity index (χ0n) is 10.3. The van der Waals surface area contributed by atoms with E-state index in [-0.39, 0.29) is 16.9 Å². The summed E-state index contributed by atoms with van der Waals surface area (Å²) in [5, 5.41) is 3.50. The molecule has 4 heteroatoms. The highest BCUT2D eigenvalue weighted by atomic mass is 35.5. The lowest BCUT2D eigenvalue weighted by molar-refractivity contribution is 0.0980. The predicted octanol–water partition coefficient (Wildman–Crippen LogP) is 3.44. The summed E-state index contributed by atoms with van der Waals surface area (Å²) in [6, 6.07) is 3.83. The van der Waals surface area contributed by atoms with E-state index in [2.05, 4.69) is 5.32 Å². The van der Waals surface area contributed by atoms with E-state index in [0.717, 1.165) is 0 Å². The van der Waals surface area contributed by atoms with Crippen LogP contribution in [0.1, 0.15) is 37.6 Å². The van der Waals surface area contributed by atoms with Crippen molar-refractivity contribution in [1.82, 2.24) is 5.32 Å². The molecule has 94 valence electrons. The van der Waals surface area contributed by atoms with Gasteiger partial charge in [0.25, 0.3) is 0 Å². The molecule has 0 radical (unpaired) electrons. The van der Waals surface area contributed by atoms with E-state index in [1.54, 1.807) is 0 Å². The quantitative estimate of drug-likeness (QED) is 0.838. The Hall–Kier alpha value is -0.930. The van der Waals surface area contributed by atoms with Gasteiger partial charge in [-0.15, -0.1) is 0 Å². The fourth-order valence-electron chi connectivity index (χ4n) is 1.40. The highest BCUT2D eigenvalue weighted by Crippen LogP contribution is 2.18. The molecule has 0 aliphatic rings. The zero-order valence-corrected chi connectivity index (χ0v) is 11.1. The molecule has 0 aromatic heterocycles. The Balaban J connectivity index is 2.61. The van der Waals surface area contributed by atoms with E-state index >= 15 is 0 Å². The van der Waals surface area contributed by atoms with Crippen LogP contribution >= 0.6 is 11.6 Å². The lowest BCUT2D eigenvalue weighted by Gasteiger charge is -2.20. The maximum Gasteiger partial charge on any atom is 0.165 e. The molecule has 2 nitrogen and oxygen atoms in total. The van der Waals surface area contributed by atoms with Gasteiger partial charge in [0, 0.05) is 24.1 Å². The second kappa shape index (κ2) is 5.61. The molecule has 0 fully saturated rings. The van der Waals surface area contributed by atoms with Crippen molar-refractivity contribution in [2.75, 3.05) is 6.54 Å². The van der Waals surface area contributed by atoms with Crippen LogP contribution in [0, 0.1) is 5.82 Å². The first-order valence-corrected chi connectivity index (χ1v) is 5.91. The van der Waals surface area contributed by atoms with E-state index in [9.17, 15) is 9.18 Å². The van der Waals surface area contributed by atoms with Gasteiger partial charge in [-0.05, 0) is 39.0 Å².